The Morgan fingerprint density at radius 2 is 1.93 bits per heavy atom. The van der Waals surface area contributed by atoms with E-state index in [1.165, 1.54) is 4.90 Å². The Kier molecular flexibility index (Phi) is 4.81. The first kappa shape index (κ1) is 18.6. The fourth-order valence-corrected chi connectivity index (χ4v) is 5.67. The van der Waals surface area contributed by atoms with E-state index in [1.54, 1.807) is 19.2 Å². The molecule has 9 nitrogen and oxygen atoms in total. The number of ether oxygens (including phenoxy) is 2. The third kappa shape index (κ3) is 3.78. The summed E-state index contributed by atoms with van der Waals surface area (Å²) in [5.41, 5.74) is 0.224. The highest BCUT2D eigenvalue weighted by Crippen LogP contribution is 2.32. The molecule has 0 aliphatic carbocycles. The zero-order chi connectivity index (χ0) is 19.1. The van der Waals surface area contributed by atoms with Gasteiger partial charge >= 0.3 is 0 Å². The van der Waals surface area contributed by atoms with E-state index in [1.807, 2.05) is 0 Å². The monoisotopic (exact) mass is 396 g/mol. The lowest BCUT2D eigenvalue weighted by Gasteiger charge is -2.37. The van der Waals surface area contributed by atoms with E-state index in [2.05, 4.69) is 15.1 Å². The van der Waals surface area contributed by atoms with Crippen molar-refractivity contribution in [1.82, 2.24) is 15.1 Å². The van der Waals surface area contributed by atoms with Crippen molar-refractivity contribution in [3.05, 3.63) is 17.8 Å². The number of sulfone groups is 1. The Hall–Kier alpha value is -1.78. The molecular formula is C17H24N4O5S. The van der Waals surface area contributed by atoms with Gasteiger partial charge in [0, 0.05) is 39.0 Å². The average Bonchev–Trinajstić information content (AvgIpc) is 3.28. The molecule has 148 valence electrons. The van der Waals surface area contributed by atoms with Crippen molar-refractivity contribution in [2.24, 2.45) is 0 Å². The third-order valence-electron chi connectivity index (χ3n) is 5.61. The molecule has 3 aliphatic rings. The Bertz CT molecular complexity index is 797. The van der Waals surface area contributed by atoms with Gasteiger partial charge in [-0.15, -0.1) is 10.2 Å². The van der Waals surface area contributed by atoms with Gasteiger partial charge in [-0.05, 0) is 18.6 Å². The van der Waals surface area contributed by atoms with Gasteiger partial charge in [0.25, 0.3) is 5.91 Å². The summed E-state index contributed by atoms with van der Waals surface area (Å²) in [5.74, 6) is 0.112. The fraction of sp³-hybridized carbons (Fsp3) is 0.706. The Balaban J connectivity index is 1.38. The normalized spacial score (nSPS) is 26.4. The van der Waals surface area contributed by atoms with E-state index in [-0.39, 0.29) is 29.1 Å². The summed E-state index contributed by atoms with van der Waals surface area (Å²) in [4.78, 5) is 16.1. The van der Waals surface area contributed by atoms with Gasteiger partial charge in [-0.3, -0.25) is 4.79 Å². The zero-order valence-corrected chi connectivity index (χ0v) is 16.2. The first-order chi connectivity index (χ1) is 12.9. The van der Waals surface area contributed by atoms with Crippen molar-refractivity contribution >= 4 is 21.6 Å². The van der Waals surface area contributed by atoms with E-state index in [0.29, 0.717) is 25.5 Å². The first-order valence-electron chi connectivity index (χ1n) is 9.22. The number of nitrogens with zero attached hydrogens (tertiary/aromatic N) is 4. The maximum absolute atomic E-state index is 12.6. The van der Waals surface area contributed by atoms with E-state index in [9.17, 15) is 13.2 Å². The summed E-state index contributed by atoms with van der Waals surface area (Å²) in [6.45, 7) is 2.79. The second kappa shape index (κ2) is 6.99. The highest BCUT2D eigenvalue weighted by Gasteiger charge is 2.40. The van der Waals surface area contributed by atoms with Crippen LogP contribution >= 0.6 is 0 Å². The van der Waals surface area contributed by atoms with Crippen LogP contribution in [0.25, 0.3) is 0 Å². The van der Waals surface area contributed by atoms with Gasteiger partial charge in [0.1, 0.15) is 0 Å². The van der Waals surface area contributed by atoms with Crippen LogP contribution in [0.4, 0.5) is 5.82 Å². The van der Waals surface area contributed by atoms with Gasteiger partial charge in [0.15, 0.2) is 27.1 Å². The molecule has 3 fully saturated rings. The summed E-state index contributed by atoms with van der Waals surface area (Å²) in [7, 11) is -1.42. The van der Waals surface area contributed by atoms with Gasteiger partial charge in [-0.2, -0.15) is 0 Å². The number of amides is 1. The molecule has 1 aromatic heterocycles. The molecule has 3 saturated heterocycles. The van der Waals surface area contributed by atoms with Gasteiger partial charge in [-0.25, -0.2) is 8.42 Å². The predicted molar refractivity (Wildman–Crippen MR) is 97.3 cm³/mol. The smallest absolute Gasteiger partial charge is 0.274 e. The molecule has 4 heterocycles. The van der Waals surface area contributed by atoms with Crippen molar-refractivity contribution in [2.45, 2.75) is 31.1 Å². The second-order valence-corrected chi connectivity index (χ2v) is 9.57. The maximum Gasteiger partial charge on any atom is 0.274 e. The molecule has 0 N–H and O–H groups in total. The second-order valence-electron chi connectivity index (χ2n) is 7.34. The van der Waals surface area contributed by atoms with Gasteiger partial charge in [-0.1, -0.05) is 0 Å². The van der Waals surface area contributed by atoms with Gasteiger partial charge < -0.3 is 19.3 Å². The molecule has 1 unspecified atom stereocenters. The lowest BCUT2D eigenvalue weighted by Crippen LogP contribution is -2.45. The van der Waals surface area contributed by atoms with E-state index >= 15 is 0 Å². The molecule has 4 rings (SSSR count). The van der Waals surface area contributed by atoms with Crippen LogP contribution in [0.3, 0.4) is 0 Å². The molecule has 3 aliphatic heterocycles. The van der Waals surface area contributed by atoms with Crippen LogP contribution in [0.5, 0.6) is 0 Å². The number of hydrogen-bond donors (Lipinski definition) is 0. The zero-order valence-electron chi connectivity index (χ0n) is 15.3. The molecule has 1 amide bonds. The molecule has 0 saturated carbocycles. The average molecular weight is 396 g/mol. The Morgan fingerprint density at radius 3 is 2.48 bits per heavy atom. The van der Waals surface area contributed by atoms with Gasteiger partial charge in [0.05, 0.1) is 24.7 Å². The molecule has 1 spiro atoms. The molecule has 0 radical (unpaired) electrons. The third-order valence-corrected chi connectivity index (χ3v) is 7.36. The lowest BCUT2D eigenvalue weighted by atomic mass is 10.0. The number of piperidine rings is 1. The number of carbonyl (C=O) groups is 1. The van der Waals surface area contributed by atoms with Crippen LogP contribution in [0.1, 0.15) is 29.8 Å². The van der Waals surface area contributed by atoms with Crippen LogP contribution in [-0.4, -0.2) is 86.1 Å². The molecule has 10 heteroatoms. The van der Waals surface area contributed by atoms with Crippen molar-refractivity contribution in [2.75, 3.05) is 49.8 Å². The van der Waals surface area contributed by atoms with Crippen LogP contribution in [-0.2, 0) is 19.3 Å². The van der Waals surface area contributed by atoms with E-state index < -0.39 is 15.6 Å². The Morgan fingerprint density at radius 1 is 1.22 bits per heavy atom. The SMILES string of the molecule is CN(C(=O)c1ccc(N2CCC3(CC2)OCCO3)nn1)C1CCS(=O)(=O)C1. The minimum absolute atomic E-state index is 0.0143. The molecule has 1 atom stereocenters. The topological polar surface area (TPSA) is 102 Å². The van der Waals surface area contributed by atoms with E-state index in [0.717, 1.165) is 25.9 Å². The Labute approximate surface area is 158 Å². The van der Waals surface area contributed by atoms with Crippen molar-refractivity contribution in [3.8, 4) is 0 Å². The summed E-state index contributed by atoms with van der Waals surface area (Å²) < 4.78 is 34.7. The number of hydrogen-bond acceptors (Lipinski definition) is 8. The fourth-order valence-electron chi connectivity index (χ4n) is 3.90. The molecule has 1 aromatic rings. The van der Waals surface area contributed by atoms with E-state index in [4.69, 9.17) is 9.47 Å². The van der Waals surface area contributed by atoms with Crippen LogP contribution in [0.2, 0.25) is 0 Å². The summed E-state index contributed by atoms with van der Waals surface area (Å²) in [6, 6.07) is 3.14. The molecular weight excluding hydrogens is 372 g/mol. The predicted octanol–water partition coefficient (Wildman–Crippen LogP) is 0.0790. The first-order valence-corrected chi connectivity index (χ1v) is 11.0. The van der Waals surface area contributed by atoms with Crippen molar-refractivity contribution in [3.63, 3.8) is 0 Å². The molecule has 0 bridgehead atoms. The highest BCUT2D eigenvalue weighted by atomic mass is 32.2. The summed E-state index contributed by atoms with van der Waals surface area (Å²) >= 11 is 0. The van der Waals surface area contributed by atoms with Crippen LogP contribution in [0.15, 0.2) is 12.1 Å². The molecule has 0 aromatic carbocycles. The quantitative estimate of drug-likeness (QED) is 0.708. The van der Waals surface area contributed by atoms with Crippen LogP contribution < -0.4 is 4.90 Å². The summed E-state index contributed by atoms with van der Waals surface area (Å²) in [5, 5.41) is 8.28. The minimum atomic E-state index is -3.04. The van der Waals surface area contributed by atoms with Crippen LogP contribution in [0, 0.1) is 0 Å². The summed E-state index contributed by atoms with van der Waals surface area (Å²) in [6.07, 6.45) is 2.01. The standard InChI is InChI=1S/C17H24N4O5S/c1-20(13-4-11-27(23,24)12-13)16(22)14-2-3-15(19-18-14)21-7-5-17(6-8-21)25-9-10-26-17/h2-3,13H,4-12H2,1H3. The number of anilines is 1. The molecule has 27 heavy (non-hydrogen) atoms. The largest absolute Gasteiger partial charge is 0.355 e. The maximum atomic E-state index is 12.6. The number of rotatable bonds is 3. The minimum Gasteiger partial charge on any atom is -0.355 e. The van der Waals surface area contributed by atoms with Crippen molar-refractivity contribution in [1.29, 1.82) is 0 Å². The number of aromatic nitrogens is 2. The number of carbonyl (C=O) groups excluding carboxylic acids is 1. The van der Waals surface area contributed by atoms with Gasteiger partial charge in [0.2, 0.25) is 0 Å². The van der Waals surface area contributed by atoms with Crippen molar-refractivity contribution < 1.29 is 22.7 Å². The highest BCUT2D eigenvalue weighted by molar-refractivity contribution is 7.91. The lowest BCUT2D eigenvalue weighted by molar-refractivity contribution is -0.169.